The molecule has 0 bridgehead atoms. The number of nitrogens with one attached hydrogen (secondary N) is 3. The molecule has 14 heteroatoms. The number of phenols is 6. The molecule has 4 rings (SSSR count). The van der Waals surface area contributed by atoms with E-state index in [4.69, 9.17) is 0 Å². The average Bonchev–Trinajstić information content (AvgIpc) is 2.91. The van der Waals surface area contributed by atoms with Crippen molar-refractivity contribution < 1.29 is 30.6 Å². The van der Waals surface area contributed by atoms with E-state index in [0.717, 1.165) is 0 Å². The smallest absolute Gasteiger partial charge is 0.247 e. The van der Waals surface area contributed by atoms with E-state index in [2.05, 4.69) is 41.5 Å². The van der Waals surface area contributed by atoms with E-state index < -0.39 is 0 Å². The Morgan fingerprint density at radius 1 is 0.513 bits per heavy atom. The minimum absolute atomic E-state index is 0.0239. The predicted molar refractivity (Wildman–Crippen MR) is 145 cm³/mol. The van der Waals surface area contributed by atoms with E-state index >= 15 is 0 Å². The highest BCUT2D eigenvalue weighted by molar-refractivity contribution is 5.86. The van der Waals surface area contributed by atoms with Gasteiger partial charge in [0.1, 0.15) is 0 Å². The fraction of sp³-hybridized carbons (Fsp3) is 0. The number of phenolic OH excluding ortho intramolecular Hbond substituents is 6. The molecule has 39 heavy (non-hydrogen) atoms. The summed E-state index contributed by atoms with van der Waals surface area (Å²) >= 11 is 0. The number of hydrogen-bond acceptors (Lipinski definition) is 14. The van der Waals surface area contributed by atoms with Crippen LogP contribution < -0.4 is 16.3 Å². The SMILES string of the molecule is Oc1cccc(C=NNc2cc(NN=Cc3cccc(O)c3O)nc(NN=Cc3cccc(O)c3O)n2)c1O. The van der Waals surface area contributed by atoms with Crippen LogP contribution in [0.15, 0.2) is 76.0 Å². The number of para-hydroxylation sites is 3. The molecule has 0 saturated carbocycles. The van der Waals surface area contributed by atoms with Crippen LogP contribution in [-0.4, -0.2) is 59.3 Å². The van der Waals surface area contributed by atoms with Crippen molar-refractivity contribution in [2.24, 2.45) is 15.3 Å². The van der Waals surface area contributed by atoms with E-state index in [1.807, 2.05) is 0 Å². The van der Waals surface area contributed by atoms with Crippen LogP contribution in [0.1, 0.15) is 16.7 Å². The van der Waals surface area contributed by atoms with Crippen molar-refractivity contribution in [2.45, 2.75) is 0 Å². The number of anilines is 3. The van der Waals surface area contributed by atoms with E-state index in [0.29, 0.717) is 0 Å². The summed E-state index contributed by atoms with van der Waals surface area (Å²) in [5.74, 6) is -1.64. The van der Waals surface area contributed by atoms with Gasteiger partial charge in [-0.15, -0.1) is 0 Å². The minimum Gasteiger partial charge on any atom is -0.504 e. The zero-order chi connectivity index (χ0) is 27.8. The zero-order valence-electron chi connectivity index (χ0n) is 19.9. The summed E-state index contributed by atoms with van der Waals surface area (Å²) in [5.41, 5.74) is 8.66. The van der Waals surface area contributed by atoms with Crippen molar-refractivity contribution >= 4 is 36.2 Å². The highest BCUT2D eigenvalue weighted by Crippen LogP contribution is 2.28. The summed E-state index contributed by atoms with van der Waals surface area (Å²) in [6.07, 6.45) is 3.78. The van der Waals surface area contributed by atoms with Crippen molar-refractivity contribution in [3.05, 3.63) is 77.4 Å². The topological polar surface area (TPSA) is 220 Å². The van der Waals surface area contributed by atoms with Crippen LogP contribution in [0.5, 0.6) is 34.5 Å². The van der Waals surface area contributed by atoms with Crippen LogP contribution in [0.25, 0.3) is 0 Å². The van der Waals surface area contributed by atoms with Gasteiger partial charge in [-0.2, -0.15) is 25.3 Å². The molecule has 4 aromatic rings. The Balaban J connectivity index is 1.56. The highest BCUT2D eigenvalue weighted by atomic mass is 16.3. The number of aromatic nitrogens is 2. The Morgan fingerprint density at radius 3 is 1.26 bits per heavy atom. The van der Waals surface area contributed by atoms with Gasteiger partial charge in [0.2, 0.25) is 5.95 Å². The maximum Gasteiger partial charge on any atom is 0.247 e. The van der Waals surface area contributed by atoms with Crippen molar-refractivity contribution in [3.63, 3.8) is 0 Å². The van der Waals surface area contributed by atoms with E-state index in [-0.39, 0.29) is 68.8 Å². The van der Waals surface area contributed by atoms with E-state index in [1.165, 1.54) is 79.3 Å². The standard InChI is InChI=1S/C25H22N8O6/c34-17-7-1-4-14(22(17)37)11-26-31-20-10-21(32-27-12-15-5-2-8-18(35)23(15)38)30-25(29-20)33-28-13-16-6-3-9-19(36)24(16)39/h1-13,34-39H,(H3,29,30,31,32,33). The van der Waals surface area contributed by atoms with Gasteiger partial charge in [-0.05, 0) is 36.4 Å². The summed E-state index contributed by atoms with van der Waals surface area (Å²) in [7, 11) is 0. The van der Waals surface area contributed by atoms with Crippen molar-refractivity contribution in [1.29, 1.82) is 0 Å². The molecule has 0 radical (unpaired) electrons. The normalized spacial score (nSPS) is 11.4. The van der Waals surface area contributed by atoms with Gasteiger partial charge in [0, 0.05) is 22.8 Å². The van der Waals surface area contributed by atoms with Gasteiger partial charge in [0.15, 0.2) is 46.1 Å². The fourth-order valence-electron chi connectivity index (χ4n) is 3.07. The quantitative estimate of drug-likeness (QED) is 0.0869. The Morgan fingerprint density at radius 2 is 0.872 bits per heavy atom. The molecule has 0 spiro atoms. The fourth-order valence-corrected chi connectivity index (χ4v) is 3.07. The Labute approximate surface area is 220 Å². The lowest BCUT2D eigenvalue weighted by Gasteiger charge is -2.07. The number of hydrogen-bond donors (Lipinski definition) is 9. The molecule has 9 N–H and O–H groups in total. The molecule has 0 amide bonds. The molecule has 0 aliphatic rings. The van der Waals surface area contributed by atoms with Crippen LogP contribution in [-0.2, 0) is 0 Å². The highest BCUT2D eigenvalue weighted by Gasteiger charge is 2.07. The van der Waals surface area contributed by atoms with Crippen molar-refractivity contribution in [1.82, 2.24) is 9.97 Å². The van der Waals surface area contributed by atoms with Gasteiger partial charge in [-0.1, -0.05) is 18.2 Å². The molecular weight excluding hydrogens is 508 g/mol. The van der Waals surface area contributed by atoms with Gasteiger partial charge in [0.25, 0.3) is 0 Å². The second kappa shape index (κ2) is 11.8. The molecule has 0 aliphatic heterocycles. The lowest BCUT2D eigenvalue weighted by atomic mass is 10.2. The third-order valence-corrected chi connectivity index (χ3v) is 5.00. The molecule has 0 aliphatic carbocycles. The molecular formula is C25H22N8O6. The summed E-state index contributed by atoms with van der Waals surface area (Å²) in [4.78, 5) is 8.44. The van der Waals surface area contributed by atoms with Gasteiger partial charge in [-0.25, -0.2) is 5.43 Å². The molecule has 3 aromatic carbocycles. The van der Waals surface area contributed by atoms with Crippen LogP contribution in [0, 0.1) is 0 Å². The van der Waals surface area contributed by atoms with Crippen LogP contribution in [0.3, 0.4) is 0 Å². The molecule has 1 aromatic heterocycles. The summed E-state index contributed by atoms with van der Waals surface area (Å²) in [6, 6.07) is 14.6. The molecule has 0 unspecified atom stereocenters. The Kier molecular flexibility index (Phi) is 7.87. The number of rotatable bonds is 9. The van der Waals surface area contributed by atoms with Crippen LogP contribution in [0.4, 0.5) is 17.6 Å². The van der Waals surface area contributed by atoms with Gasteiger partial charge >= 0.3 is 0 Å². The maximum absolute atomic E-state index is 9.93. The number of benzene rings is 3. The summed E-state index contributed by atoms with van der Waals surface area (Å²) < 4.78 is 0. The third-order valence-electron chi connectivity index (χ3n) is 5.00. The molecule has 0 saturated heterocycles. The van der Waals surface area contributed by atoms with Crippen molar-refractivity contribution in [3.8, 4) is 34.5 Å². The van der Waals surface area contributed by atoms with Gasteiger partial charge < -0.3 is 30.6 Å². The summed E-state index contributed by atoms with van der Waals surface area (Å²) in [5, 5.41) is 70.6. The average molecular weight is 531 g/mol. The van der Waals surface area contributed by atoms with Crippen molar-refractivity contribution in [2.75, 3.05) is 16.3 Å². The first-order chi connectivity index (χ1) is 18.8. The predicted octanol–water partition coefficient (Wildman–Crippen LogP) is 3.05. The first-order valence-corrected chi connectivity index (χ1v) is 11.1. The van der Waals surface area contributed by atoms with Crippen LogP contribution >= 0.6 is 0 Å². The lowest BCUT2D eigenvalue weighted by molar-refractivity contribution is 0.403. The summed E-state index contributed by atoms with van der Waals surface area (Å²) in [6.45, 7) is 0. The molecule has 0 fully saturated rings. The van der Waals surface area contributed by atoms with E-state index in [1.54, 1.807) is 0 Å². The Bertz CT molecular complexity index is 1380. The monoisotopic (exact) mass is 530 g/mol. The minimum atomic E-state index is -0.351. The van der Waals surface area contributed by atoms with Crippen LogP contribution in [0.2, 0.25) is 0 Å². The number of hydrazone groups is 3. The largest absolute Gasteiger partial charge is 0.504 e. The third kappa shape index (κ3) is 6.59. The first kappa shape index (κ1) is 26.0. The molecule has 0 atom stereocenters. The Hall–Kier alpha value is -6.05. The number of aromatic hydroxyl groups is 6. The van der Waals surface area contributed by atoms with E-state index in [9.17, 15) is 30.6 Å². The van der Waals surface area contributed by atoms with Gasteiger partial charge in [0.05, 0.1) is 18.6 Å². The van der Waals surface area contributed by atoms with Gasteiger partial charge in [-0.3, -0.25) is 10.9 Å². The zero-order valence-corrected chi connectivity index (χ0v) is 19.9. The molecule has 14 nitrogen and oxygen atoms in total. The lowest BCUT2D eigenvalue weighted by Crippen LogP contribution is -2.04. The second-order valence-corrected chi connectivity index (χ2v) is 7.72. The second-order valence-electron chi connectivity index (χ2n) is 7.72. The first-order valence-electron chi connectivity index (χ1n) is 11.1. The molecule has 1 heterocycles. The maximum atomic E-state index is 9.93. The molecule has 198 valence electrons. The number of nitrogens with zero attached hydrogens (tertiary/aromatic N) is 5.